The largest absolute Gasteiger partial charge is 0.481 e. The van der Waals surface area contributed by atoms with Crippen LogP contribution in [0.5, 0.6) is 0 Å². The number of carboxylic acid groups (broad SMARTS) is 1. The van der Waals surface area contributed by atoms with Gasteiger partial charge in [-0.1, -0.05) is 24.3 Å². The van der Waals surface area contributed by atoms with Crippen LogP contribution >= 0.6 is 0 Å². The number of aryl methyl sites for hydroxylation is 1. The maximum atomic E-state index is 10.5. The molecule has 0 saturated heterocycles. The van der Waals surface area contributed by atoms with Gasteiger partial charge < -0.3 is 10.0 Å². The monoisotopic (exact) mass is 367 g/mol. The molecule has 2 aromatic rings. The Bertz CT molecular complexity index is 717. The van der Waals surface area contributed by atoms with Crippen LogP contribution in [-0.4, -0.2) is 24.2 Å². The summed E-state index contributed by atoms with van der Waals surface area (Å²) in [7, 11) is 0. The van der Waals surface area contributed by atoms with Gasteiger partial charge in [0.25, 0.3) is 0 Å². The number of hydrogen-bond acceptors (Lipinski definition) is 2. The van der Waals surface area contributed by atoms with Crippen LogP contribution in [0.15, 0.2) is 48.8 Å². The summed E-state index contributed by atoms with van der Waals surface area (Å²) in [6, 6.07) is 12.9. The summed E-state index contributed by atoms with van der Waals surface area (Å²) in [5, 5.41) is 8.64. The highest BCUT2D eigenvalue weighted by Crippen LogP contribution is 2.16. The van der Waals surface area contributed by atoms with Crippen molar-refractivity contribution in [3.63, 3.8) is 0 Å². The Labute approximate surface area is 162 Å². The standard InChI is InChI=1S/C23H30N2O2/c1-3-25(4-2)22-13-11-20(12-14-22)9-10-21-15-18-24(19-16-21)17-7-5-6-8-23(26)27/h9-16,18-19H,3-8,17H2,1-2H3/p+1. The van der Waals surface area contributed by atoms with Crippen molar-refractivity contribution >= 4 is 23.8 Å². The highest BCUT2D eigenvalue weighted by molar-refractivity contribution is 5.70. The van der Waals surface area contributed by atoms with Gasteiger partial charge in [-0.2, -0.15) is 0 Å². The summed E-state index contributed by atoms with van der Waals surface area (Å²) >= 11 is 0. The van der Waals surface area contributed by atoms with E-state index < -0.39 is 5.97 Å². The van der Waals surface area contributed by atoms with E-state index in [1.165, 1.54) is 16.8 Å². The summed E-state index contributed by atoms with van der Waals surface area (Å²) in [6.07, 6.45) is 11.4. The second-order valence-corrected chi connectivity index (χ2v) is 6.67. The van der Waals surface area contributed by atoms with Gasteiger partial charge in [0.15, 0.2) is 12.4 Å². The number of rotatable bonds is 11. The van der Waals surface area contributed by atoms with Crippen LogP contribution in [0, 0.1) is 0 Å². The van der Waals surface area contributed by atoms with Crippen molar-refractivity contribution < 1.29 is 14.5 Å². The average Bonchev–Trinajstić information content (AvgIpc) is 2.69. The molecular weight excluding hydrogens is 336 g/mol. The molecule has 0 atom stereocenters. The molecule has 0 saturated carbocycles. The number of carboxylic acids is 1. The second-order valence-electron chi connectivity index (χ2n) is 6.67. The zero-order chi connectivity index (χ0) is 19.5. The van der Waals surface area contributed by atoms with Crippen molar-refractivity contribution in [2.45, 2.75) is 46.1 Å². The lowest BCUT2D eigenvalue weighted by molar-refractivity contribution is -0.697. The van der Waals surface area contributed by atoms with Crippen LogP contribution in [-0.2, 0) is 11.3 Å². The number of aromatic nitrogens is 1. The third-order valence-electron chi connectivity index (χ3n) is 4.71. The van der Waals surface area contributed by atoms with E-state index in [9.17, 15) is 4.79 Å². The van der Waals surface area contributed by atoms with Crippen molar-refractivity contribution in [1.82, 2.24) is 0 Å². The molecule has 0 bridgehead atoms. The fourth-order valence-corrected chi connectivity index (χ4v) is 3.05. The van der Waals surface area contributed by atoms with E-state index in [4.69, 9.17) is 5.11 Å². The normalized spacial score (nSPS) is 11.0. The van der Waals surface area contributed by atoms with Gasteiger partial charge in [-0.25, -0.2) is 4.57 Å². The van der Waals surface area contributed by atoms with Crippen LogP contribution in [0.1, 0.15) is 50.7 Å². The molecule has 144 valence electrons. The molecule has 2 rings (SSSR count). The molecule has 1 heterocycles. The maximum absolute atomic E-state index is 10.5. The fourth-order valence-electron chi connectivity index (χ4n) is 3.05. The SMILES string of the molecule is CCN(CC)c1ccc(/C=C/c2cc[n+](CCCCCC(=O)O)cc2)cc1. The number of nitrogens with zero attached hydrogens (tertiary/aromatic N) is 2. The first-order valence-electron chi connectivity index (χ1n) is 9.86. The predicted molar refractivity (Wildman–Crippen MR) is 112 cm³/mol. The maximum Gasteiger partial charge on any atom is 0.303 e. The first-order valence-corrected chi connectivity index (χ1v) is 9.86. The lowest BCUT2D eigenvalue weighted by atomic mass is 10.1. The van der Waals surface area contributed by atoms with Crippen LogP contribution < -0.4 is 9.47 Å². The molecule has 0 spiro atoms. The van der Waals surface area contributed by atoms with Crippen LogP contribution in [0.25, 0.3) is 12.2 Å². The van der Waals surface area contributed by atoms with E-state index in [0.717, 1.165) is 38.9 Å². The summed E-state index contributed by atoms with van der Waals surface area (Å²) in [4.78, 5) is 12.8. The molecule has 0 aliphatic heterocycles. The lowest BCUT2D eigenvalue weighted by Gasteiger charge is -2.20. The molecular formula is C23H31N2O2+. The molecule has 1 aromatic carbocycles. The average molecular weight is 368 g/mol. The summed E-state index contributed by atoms with van der Waals surface area (Å²) in [5.74, 6) is -0.707. The molecule has 0 unspecified atom stereocenters. The van der Waals surface area contributed by atoms with E-state index in [2.05, 4.69) is 84.3 Å². The molecule has 1 aromatic heterocycles. The zero-order valence-corrected chi connectivity index (χ0v) is 16.5. The number of carbonyl (C=O) groups is 1. The minimum absolute atomic E-state index is 0.268. The van der Waals surface area contributed by atoms with Crippen molar-refractivity contribution in [3.05, 3.63) is 59.9 Å². The molecule has 4 heteroatoms. The Hall–Kier alpha value is -2.62. The van der Waals surface area contributed by atoms with Gasteiger partial charge in [-0.3, -0.25) is 4.79 Å². The minimum Gasteiger partial charge on any atom is -0.481 e. The molecule has 0 fully saturated rings. The van der Waals surface area contributed by atoms with E-state index in [0.29, 0.717) is 0 Å². The Balaban J connectivity index is 1.84. The van der Waals surface area contributed by atoms with Crippen LogP contribution in [0.3, 0.4) is 0 Å². The Morgan fingerprint density at radius 3 is 2.07 bits per heavy atom. The summed E-state index contributed by atoms with van der Waals surface area (Å²) in [6.45, 7) is 7.32. The van der Waals surface area contributed by atoms with Gasteiger partial charge in [0.05, 0.1) is 0 Å². The molecule has 1 N–H and O–H groups in total. The van der Waals surface area contributed by atoms with E-state index >= 15 is 0 Å². The topological polar surface area (TPSA) is 44.4 Å². The Morgan fingerprint density at radius 2 is 1.52 bits per heavy atom. The van der Waals surface area contributed by atoms with E-state index in [1.54, 1.807) is 0 Å². The second kappa shape index (κ2) is 11.2. The first kappa shape index (κ1) is 20.7. The summed E-state index contributed by atoms with van der Waals surface area (Å²) in [5.41, 5.74) is 3.63. The van der Waals surface area contributed by atoms with Gasteiger partial charge in [0.2, 0.25) is 0 Å². The molecule has 4 nitrogen and oxygen atoms in total. The quantitative estimate of drug-likeness (QED) is 0.465. The Kier molecular flexibility index (Phi) is 8.56. The Morgan fingerprint density at radius 1 is 0.926 bits per heavy atom. The highest BCUT2D eigenvalue weighted by atomic mass is 16.4. The zero-order valence-electron chi connectivity index (χ0n) is 16.5. The van der Waals surface area contributed by atoms with Crippen molar-refractivity contribution in [2.24, 2.45) is 0 Å². The molecule has 0 radical (unpaired) electrons. The number of aliphatic carboxylic acids is 1. The van der Waals surface area contributed by atoms with E-state index in [1.807, 2.05) is 0 Å². The van der Waals surface area contributed by atoms with Gasteiger partial charge >= 0.3 is 5.97 Å². The van der Waals surface area contributed by atoms with Gasteiger partial charge in [-0.15, -0.1) is 0 Å². The predicted octanol–water partition coefficient (Wildman–Crippen LogP) is 4.64. The van der Waals surface area contributed by atoms with Crippen molar-refractivity contribution in [3.8, 4) is 0 Å². The number of anilines is 1. The minimum atomic E-state index is -0.707. The number of unbranched alkanes of at least 4 members (excludes halogenated alkanes) is 2. The van der Waals surface area contributed by atoms with Gasteiger partial charge in [0.1, 0.15) is 6.54 Å². The van der Waals surface area contributed by atoms with Crippen LogP contribution in [0.4, 0.5) is 5.69 Å². The van der Waals surface area contributed by atoms with E-state index in [-0.39, 0.29) is 6.42 Å². The molecule has 0 aliphatic rings. The van der Waals surface area contributed by atoms with Gasteiger partial charge in [-0.05, 0) is 49.9 Å². The third-order valence-corrected chi connectivity index (χ3v) is 4.71. The molecule has 0 amide bonds. The number of pyridine rings is 1. The third kappa shape index (κ3) is 7.26. The molecule has 0 aliphatic carbocycles. The molecule has 27 heavy (non-hydrogen) atoms. The first-order chi connectivity index (χ1) is 13.1. The summed E-state index contributed by atoms with van der Waals surface area (Å²) < 4.78 is 2.15. The number of benzene rings is 1. The van der Waals surface area contributed by atoms with Crippen molar-refractivity contribution in [2.75, 3.05) is 18.0 Å². The lowest BCUT2D eigenvalue weighted by Crippen LogP contribution is -2.32. The van der Waals surface area contributed by atoms with Crippen molar-refractivity contribution in [1.29, 1.82) is 0 Å². The van der Waals surface area contributed by atoms with Crippen LogP contribution in [0.2, 0.25) is 0 Å². The fraction of sp³-hybridized carbons (Fsp3) is 0.391. The highest BCUT2D eigenvalue weighted by Gasteiger charge is 2.02. The number of hydrogen-bond donors (Lipinski definition) is 1. The van der Waals surface area contributed by atoms with Gasteiger partial charge in [0, 0.05) is 43.8 Å². The smallest absolute Gasteiger partial charge is 0.303 e.